The minimum absolute atomic E-state index is 0.487. The van der Waals surface area contributed by atoms with Gasteiger partial charge in [0.05, 0.1) is 0 Å². The molecule has 0 aromatic heterocycles. The first kappa shape index (κ1) is 9.65. The normalized spacial score (nSPS) is 9.62. The zero-order valence-corrected chi connectivity index (χ0v) is 7.62. The maximum Gasteiger partial charge on any atom is 0.151 e. The second kappa shape index (κ2) is 4.55. The highest BCUT2D eigenvalue weighted by molar-refractivity contribution is 5.91. The Labute approximate surface area is 77.6 Å². The van der Waals surface area contributed by atoms with Crippen LogP contribution in [-0.4, -0.2) is 12.6 Å². The lowest BCUT2D eigenvalue weighted by atomic mass is 9.99. The van der Waals surface area contributed by atoms with Crippen molar-refractivity contribution in [3.8, 4) is 0 Å². The van der Waals surface area contributed by atoms with Gasteiger partial charge >= 0.3 is 0 Å². The van der Waals surface area contributed by atoms with E-state index >= 15 is 0 Å². The third-order valence-corrected chi connectivity index (χ3v) is 1.99. The summed E-state index contributed by atoms with van der Waals surface area (Å²) < 4.78 is 0. The smallest absolute Gasteiger partial charge is 0.151 e. The van der Waals surface area contributed by atoms with Crippen LogP contribution < -0.4 is 0 Å². The molecule has 2 heteroatoms. The van der Waals surface area contributed by atoms with Crippen molar-refractivity contribution in [2.24, 2.45) is 0 Å². The Balaban J connectivity index is 3.18. The molecule has 0 radical (unpaired) electrons. The van der Waals surface area contributed by atoms with Crippen molar-refractivity contribution in [3.05, 3.63) is 34.9 Å². The van der Waals surface area contributed by atoms with Crippen molar-refractivity contribution in [3.63, 3.8) is 0 Å². The summed E-state index contributed by atoms with van der Waals surface area (Å²) in [6, 6.07) is 5.36. The van der Waals surface area contributed by atoms with Crippen molar-refractivity contribution in [2.75, 3.05) is 0 Å². The van der Waals surface area contributed by atoms with E-state index in [9.17, 15) is 9.59 Å². The Hall–Kier alpha value is -1.44. The van der Waals surface area contributed by atoms with Crippen LogP contribution in [-0.2, 0) is 6.42 Å². The van der Waals surface area contributed by atoms with Crippen LogP contribution in [0.5, 0.6) is 0 Å². The van der Waals surface area contributed by atoms with E-state index in [4.69, 9.17) is 0 Å². The standard InChI is InChI=1S/C11H12O2/c1-2-4-9-5-3-6-10(7-12)11(9)8-13/h3,5-8H,2,4H2,1H3. The molecule has 1 rings (SSSR count). The monoisotopic (exact) mass is 176 g/mol. The van der Waals surface area contributed by atoms with E-state index in [-0.39, 0.29) is 0 Å². The van der Waals surface area contributed by atoms with Gasteiger partial charge < -0.3 is 0 Å². The fraction of sp³-hybridized carbons (Fsp3) is 0.273. The molecule has 0 N–H and O–H groups in total. The molecule has 0 aliphatic heterocycles. The summed E-state index contributed by atoms with van der Waals surface area (Å²) in [6.45, 7) is 2.04. The molecule has 0 fully saturated rings. The van der Waals surface area contributed by atoms with Gasteiger partial charge in [-0.05, 0) is 12.0 Å². The lowest BCUT2D eigenvalue weighted by Crippen LogP contribution is -1.97. The molecule has 0 saturated carbocycles. The third kappa shape index (κ3) is 2.02. The molecule has 0 heterocycles. The van der Waals surface area contributed by atoms with E-state index < -0.39 is 0 Å². The summed E-state index contributed by atoms with van der Waals surface area (Å²) in [5, 5.41) is 0. The SMILES string of the molecule is CCCc1cccc(C=O)c1C=O. The summed E-state index contributed by atoms with van der Waals surface area (Å²) in [7, 11) is 0. The average molecular weight is 176 g/mol. The molecule has 0 amide bonds. The topological polar surface area (TPSA) is 34.1 Å². The predicted octanol–water partition coefficient (Wildman–Crippen LogP) is 2.26. The fourth-order valence-electron chi connectivity index (χ4n) is 1.37. The molecule has 0 saturated heterocycles. The van der Waals surface area contributed by atoms with Gasteiger partial charge in [0, 0.05) is 11.1 Å². The van der Waals surface area contributed by atoms with Crippen LogP contribution in [0.15, 0.2) is 18.2 Å². The highest BCUT2D eigenvalue weighted by Crippen LogP contribution is 2.12. The summed E-state index contributed by atoms with van der Waals surface area (Å²) in [5.74, 6) is 0. The predicted molar refractivity (Wildman–Crippen MR) is 51.2 cm³/mol. The van der Waals surface area contributed by atoms with Gasteiger partial charge in [-0.2, -0.15) is 0 Å². The summed E-state index contributed by atoms with van der Waals surface area (Å²) >= 11 is 0. The number of hydrogen-bond donors (Lipinski definition) is 0. The van der Waals surface area contributed by atoms with Gasteiger partial charge in [-0.15, -0.1) is 0 Å². The van der Waals surface area contributed by atoms with Gasteiger partial charge in [0.15, 0.2) is 12.6 Å². The average Bonchev–Trinajstić information content (AvgIpc) is 2.18. The minimum Gasteiger partial charge on any atom is -0.298 e. The van der Waals surface area contributed by atoms with Crippen LogP contribution in [0.1, 0.15) is 39.6 Å². The zero-order chi connectivity index (χ0) is 9.68. The summed E-state index contributed by atoms with van der Waals surface area (Å²) in [4.78, 5) is 21.3. The maximum atomic E-state index is 10.7. The van der Waals surface area contributed by atoms with Crippen LogP contribution >= 0.6 is 0 Å². The highest BCUT2D eigenvalue weighted by Gasteiger charge is 2.05. The Bertz CT molecular complexity index is 316. The van der Waals surface area contributed by atoms with Crippen LogP contribution in [0.2, 0.25) is 0 Å². The Morgan fingerprint density at radius 2 is 2.00 bits per heavy atom. The number of carbonyl (C=O) groups excluding carboxylic acids is 2. The molecule has 13 heavy (non-hydrogen) atoms. The second-order valence-electron chi connectivity index (χ2n) is 2.91. The maximum absolute atomic E-state index is 10.7. The largest absolute Gasteiger partial charge is 0.298 e. The lowest BCUT2D eigenvalue weighted by Gasteiger charge is -2.04. The van der Waals surface area contributed by atoms with Crippen molar-refractivity contribution in [1.29, 1.82) is 0 Å². The quantitative estimate of drug-likeness (QED) is 0.659. The van der Waals surface area contributed by atoms with Crippen molar-refractivity contribution < 1.29 is 9.59 Å². The summed E-state index contributed by atoms with van der Waals surface area (Å²) in [5.41, 5.74) is 1.99. The first-order chi connectivity index (χ1) is 6.33. The fourth-order valence-corrected chi connectivity index (χ4v) is 1.37. The molecule has 0 atom stereocenters. The third-order valence-electron chi connectivity index (χ3n) is 1.99. The van der Waals surface area contributed by atoms with Gasteiger partial charge in [0.2, 0.25) is 0 Å². The molecular formula is C11H12O2. The number of aryl methyl sites for hydroxylation is 1. The zero-order valence-electron chi connectivity index (χ0n) is 7.62. The molecule has 2 nitrogen and oxygen atoms in total. The van der Waals surface area contributed by atoms with Gasteiger partial charge in [-0.1, -0.05) is 31.5 Å². The van der Waals surface area contributed by atoms with E-state index in [1.807, 2.05) is 19.1 Å². The molecule has 0 spiro atoms. The Kier molecular flexibility index (Phi) is 3.38. The number of benzene rings is 1. The first-order valence-electron chi connectivity index (χ1n) is 4.35. The Morgan fingerprint density at radius 1 is 1.23 bits per heavy atom. The number of carbonyl (C=O) groups is 2. The van der Waals surface area contributed by atoms with Gasteiger partial charge in [-0.25, -0.2) is 0 Å². The minimum atomic E-state index is 0.487. The number of rotatable bonds is 4. The van der Waals surface area contributed by atoms with E-state index in [0.717, 1.165) is 31.0 Å². The van der Waals surface area contributed by atoms with Gasteiger partial charge in [0.25, 0.3) is 0 Å². The molecule has 0 aliphatic carbocycles. The van der Waals surface area contributed by atoms with Gasteiger partial charge in [-0.3, -0.25) is 9.59 Å². The molecule has 0 bridgehead atoms. The van der Waals surface area contributed by atoms with Gasteiger partial charge in [0.1, 0.15) is 0 Å². The Morgan fingerprint density at radius 3 is 2.54 bits per heavy atom. The van der Waals surface area contributed by atoms with Crippen molar-refractivity contribution >= 4 is 12.6 Å². The van der Waals surface area contributed by atoms with Crippen LogP contribution in [0, 0.1) is 0 Å². The number of hydrogen-bond acceptors (Lipinski definition) is 2. The van der Waals surface area contributed by atoms with Crippen molar-refractivity contribution in [1.82, 2.24) is 0 Å². The van der Waals surface area contributed by atoms with E-state index in [1.54, 1.807) is 6.07 Å². The van der Waals surface area contributed by atoms with Crippen LogP contribution in [0.25, 0.3) is 0 Å². The number of aldehydes is 2. The van der Waals surface area contributed by atoms with E-state index in [0.29, 0.717) is 11.1 Å². The molecular weight excluding hydrogens is 164 g/mol. The molecule has 1 aromatic rings. The lowest BCUT2D eigenvalue weighted by molar-refractivity contribution is 0.109. The van der Waals surface area contributed by atoms with Crippen LogP contribution in [0.4, 0.5) is 0 Å². The molecule has 68 valence electrons. The molecule has 0 unspecified atom stereocenters. The van der Waals surface area contributed by atoms with E-state index in [1.165, 1.54) is 0 Å². The molecule has 0 aliphatic rings. The van der Waals surface area contributed by atoms with E-state index in [2.05, 4.69) is 0 Å². The van der Waals surface area contributed by atoms with Crippen LogP contribution in [0.3, 0.4) is 0 Å². The molecule has 1 aromatic carbocycles. The first-order valence-corrected chi connectivity index (χ1v) is 4.35. The highest BCUT2D eigenvalue weighted by atomic mass is 16.1. The summed E-state index contributed by atoms with van der Waals surface area (Å²) in [6.07, 6.45) is 3.30. The van der Waals surface area contributed by atoms with Crippen molar-refractivity contribution in [2.45, 2.75) is 19.8 Å². The second-order valence-corrected chi connectivity index (χ2v) is 2.91.